The molecule has 4 N–H and O–H groups in total. The van der Waals surface area contributed by atoms with Crippen molar-refractivity contribution >= 4 is 39.0 Å². The van der Waals surface area contributed by atoms with Crippen LogP contribution in [0, 0.1) is 0 Å². The first-order chi connectivity index (χ1) is 16.3. The number of carbonyl (C=O) groups is 1. The summed E-state index contributed by atoms with van der Waals surface area (Å²) in [5.74, 6) is 0.0644. The SMILES string of the molecule is COc1cc(-c2c3oc4cc(=O)ccc4c3[nH]c3c2c(=O)[nH]n3C(C)C)ccc1OCC(N)=O. The Labute approximate surface area is 191 Å². The lowest BCUT2D eigenvalue weighted by atomic mass is 10.0. The van der Waals surface area contributed by atoms with E-state index in [0.29, 0.717) is 50.3 Å². The van der Waals surface area contributed by atoms with Crippen molar-refractivity contribution in [1.82, 2.24) is 14.8 Å². The average Bonchev–Trinajstić information content (AvgIpc) is 3.33. The highest BCUT2D eigenvalue weighted by Crippen LogP contribution is 2.41. The Bertz CT molecular complexity index is 1700. The third-order valence-corrected chi connectivity index (χ3v) is 5.65. The Hall–Kier alpha value is -4.47. The molecule has 0 spiro atoms. The van der Waals surface area contributed by atoms with Gasteiger partial charge in [0.15, 0.2) is 29.1 Å². The molecular weight excluding hydrogens is 440 g/mol. The van der Waals surface area contributed by atoms with E-state index in [0.717, 1.165) is 5.39 Å². The zero-order valence-corrected chi connectivity index (χ0v) is 18.7. The van der Waals surface area contributed by atoms with E-state index in [2.05, 4.69) is 10.1 Å². The Kier molecular flexibility index (Phi) is 4.93. The van der Waals surface area contributed by atoms with E-state index < -0.39 is 5.91 Å². The number of ether oxygens (including phenoxy) is 2. The van der Waals surface area contributed by atoms with Crippen molar-refractivity contribution in [3.63, 3.8) is 0 Å². The predicted octanol–water partition coefficient (Wildman–Crippen LogP) is 3.04. The molecule has 3 heterocycles. The monoisotopic (exact) mass is 462 g/mol. The number of H-pyrrole nitrogens is 2. The van der Waals surface area contributed by atoms with Gasteiger partial charge in [-0.2, -0.15) is 0 Å². The largest absolute Gasteiger partial charge is 0.493 e. The number of furan rings is 1. The number of pyridine rings is 1. The highest BCUT2D eigenvalue weighted by atomic mass is 16.5. The van der Waals surface area contributed by atoms with Crippen LogP contribution in [0.4, 0.5) is 0 Å². The van der Waals surface area contributed by atoms with Gasteiger partial charge in [0.05, 0.1) is 18.0 Å². The normalized spacial score (nSPS) is 11.6. The molecule has 0 aliphatic heterocycles. The van der Waals surface area contributed by atoms with E-state index in [1.807, 2.05) is 13.8 Å². The lowest BCUT2D eigenvalue weighted by molar-refractivity contribution is -0.119. The molecule has 174 valence electrons. The van der Waals surface area contributed by atoms with Crippen molar-refractivity contribution in [3.8, 4) is 22.6 Å². The number of primary amides is 1. The maximum Gasteiger partial charge on any atom is 0.274 e. The number of aromatic nitrogens is 3. The van der Waals surface area contributed by atoms with Crippen LogP contribution in [0.5, 0.6) is 11.5 Å². The minimum Gasteiger partial charge on any atom is -0.493 e. The number of amides is 1. The topological polar surface area (TPSA) is 145 Å². The Morgan fingerprint density at radius 2 is 1.94 bits per heavy atom. The molecule has 0 saturated carbocycles. The quantitative estimate of drug-likeness (QED) is 0.354. The number of carbonyl (C=O) groups excluding carboxylic acids is 1. The van der Waals surface area contributed by atoms with Gasteiger partial charge >= 0.3 is 0 Å². The first-order valence-electron chi connectivity index (χ1n) is 10.6. The minimum absolute atomic E-state index is 0.0303. The van der Waals surface area contributed by atoms with Crippen molar-refractivity contribution < 1.29 is 18.7 Å². The highest BCUT2D eigenvalue weighted by molar-refractivity contribution is 6.14. The molecule has 5 rings (SSSR count). The number of rotatable bonds is 6. The molecule has 10 nitrogen and oxygen atoms in total. The van der Waals surface area contributed by atoms with E-state index in [1.165, 1.54) is 19.2 Å². The fourth-order valence-electron chi connectivity index (χ4n) is 4.17. The van der Waals surface area contributed by atoms with E-state index in [-0.39, 0.29) is 23.6 Å². The molecule has 1 amide bonds. The number of benzene rings is 2. The lowest BCUT2D eigenvalue weighted by Crippen LogP contribution is -2.20. The van der Waals surface area contributed by atoms with Crippen LogP contribution in [-0.4, -0.2) is 34.4 Å². The van der Waals surface area contributed by atoms with E-state index in [9.17, 15) is 14.4 Å². The molecule has 0 saturated heterocycles. The van der Waals surface area contributed by atoms with Crippen LogP contribution in [0.25, 0.3) is 44.2 Å². The Morgan fingerprint density at radius 1 is 1.15 bits per heavy atom. The van der Waals surface area contributed by atoms with Crippen molar-refractivity contribution in [3.05, 3.63) is 57.0 Å². The summed E-state index contributed by atoms with van der Waals surface area (Å²) in [7, 11) is 1.47. The first kappa shape index (κ1) is 21.4. The molecule has 10 heteroatoms. The average molecular weight is 462 g/mol. The number of hydrogen-bond donors (Lipinski definition) is 3. The molecule has 0 fully saturated rings. The third-order valence-electron chi connectivity index (χ3n) is 5.65. The number of hydrogen-bond acceptors (Lipinski definition) is 6. The molecule has 0 aliphatic rings. The Balaban J connectivity index is 1.88. The number of methoxy groups -OCH3 is 1. The second kappa shape index (κ2) is 7.84. The molecule has 2 aromatic carbocycles. The van der Waals surface area contributed by atoms with Crippen LogP contribution < -0.4 is 26.2 Å². The summed E-state index contributed by atoms with van der Waals surface area (Å²) in [4.78, 5) is 39.5. The van der Waals surface area contributed by atoms with Crippen LogP contribution in [0.15, 0.2) is 50.4 Å². The van der Waals surface area contributed by atoms with Crippen molar-refractivity contribution in [2.75, 3.05) is 13.7 Å². The number of nitrogens with zero attached hydrogens (tertiary/aromatic N) is 1. The molecular formula is C24H22N4O6. The van der Waals surface area contributed by atoms with E-state index in [1.54, 1.807) is 28.9 Å². The van der Waals surface area contributed by atoms with Crippen LogP contribution in [0.2, 0.25) is 0 Å². The van der Waals surface area contributed by atoms with Crippen molar-refractivity contribution in [2.24, 2.45) is 5.73 Å². The summed E-state index contributed by atoms with van der Waals surface area (Å²) in [6.07, 6.45) is 0. The maximum atomic E-state index is 13.1. The van der Waals surface area contributed by atoms with Gasteiger partial charge < -0.3 is 24.6 Å². The van der Waals surface area contributed by atoms with Gasteiger partial charge in [-0.1, -0.05) is 6.07 Å². The van der Waals surface area contributed by atoms with Crippen LogP contribution in [-0.2, 0) is 4.79 Å². The molecule has 3 aromatic heterocycles. The molecule has 0 bridgehead atoms. The first-order valence-corrected chi connectivity index (χ1v) is 10.6. The third kappa shape index (κ3) is 3.31. The van der Waals surface area contributed by atoms with Gasteiger partial charge in [-0.05, 0) is 43.7 Å². The van der Waals surface area contributed by atoms with Gasteiger partial charge in [-0.15, -0.1) is 0 Å². The van der Waals surface area contributed by atoms with Gasteiger partial charge in [-0.25, -0.2) is 0 Å². The van der Waals surface area contributed by atoms with Crippen molar-refractivity contribution in [2.45, 2.75) is 19.9 Å². The van der Waals surface area contributed by atoms with Gasteiger partial charge in [-0.3, -0.25) is 24.2 Å². The Morgan fingerprint density at radius 3 is 2.65 bits per heavy atom. The molecule has 0 radical (unpaired) electrons. The molecule has 5 aromatic rings. The highest BCUT2D eigenvalue weighted by Gasteiger charge is 2.23. The fourth-order valence-corrected chi connectivity index (χ4v) is 4.17. The van der Waals surface area contributed by atoms with Gasteiger partial charge in [0.2, 0.25) is 0 Å². The van der Waals surface area contributed by atoms with Crippen LogP contribution in [0.1, 0.15) is 19.9 Å². The number of nitrogens with two attached hydrogens (primary N) is 1. The number of nitrogens with one attached hydrogen (secondary N) is 2. The lowest BCUT2D eigenvalue weighted by Gasteiger charge is -2.13. The number of aromatic amines is 2. The number of fused-ring (bicyclic) bond motifs is 4. The van der Waals surface area contributed by atoms with Crippen molar-refractivity contribution in [1.29, 1.82) is 0 Å². The summed E-state index contributed by atoms with van der Waals surface area (Å²) in [6, 6.07) is 9.63. The maximum absolute atomic E-state index is 13.1. The van der Waals surface area contributed by atoms with Crippen LogP contribution >= 0.6 is 0 Å². The van der Waals surface area contributed by atoms with Gasteiger partial charge in [0, 0.05) is 23.1 Å². The van der Waals surface area contributed by atoms with E-state index in [4.69, 9.17) is 19.6 Å². The predicted molar refractivity (Wildman–Crippen MR) is 128 cm³/mol. The minimum atomic E-state index is -0.616. The smallest absolute Gasteiger partial charge is 0.274 e. The van der Waals surface area contributed by atoms with E-state index >= 15 is 0 Å². The van der Waals surface area contributed by atoms with Crippen LogP contribution in [0.3, 0.4) is 0 Å². The standard InChI is InChI=1S/C24H22N4O6/c1-11(2)28-23-20(24(31)27-28)19(12-4-7-15(17(8-12)32-3)33-10-18(25)30)22-21(26-23)14-6-5-13(29)9-16(14)34-22/h4-9,11,26H,10H2,1-3H3,(H2,25,30)(H,27,31). The zero-order valence-electron chi connectivity index (χ0n) is 18.7. The molecule has 34 heavy (non-hydrogen) atoms. The molecule has 0 unspecified atom stereocenters. The summed E-state index contributed by atoms with van der Waals surface area (Å²) in [5.41, 5.74) is 7.94. The summed E-state index contributed by atoms with van der Waals surface area (Å²) >= 11 is 0. The van der Waals surface area contributed by atoms with Gasteiger partial charge in [0.25, 0.3) is 11.5 Å². The summed E-state index contributed by atoms with van der Waals surface area (Å²) in [5, 5.41) is 4.00. The second-order valence-corrected chi connectivity index (χ2v) is 8.21. The zero-order chi connectivity index (χ0) is 24.1. The van der Waals surface area contributed by atoms with Gasteiger partial charge in [0.1, 0.15) is 11.2 Å². The fraction of sp³-hybridized carbons (Fsp3) is 0.208. The summed E-state index contributed by atoms with van der Waals surface area (Å²) < 4.78 is 18.8. The molecule has 0 atom stereocenters. The summed E-state index contributed by atoms with van der Waals surface area (Å²) in [6.45, 7) is 3.61. The second-order valence-electron chi connectivity index (χ2n) is 8.21. The molecule has 0 aliphatic carbocycles.